The average Bonchev–Trinajstić information content (AvgIpc) is 3.05. The topological polar surface area (TPSA) is 47.5 Å². The van der Waals surface area contributed by atoms with Gasteiger partial charge in [0.1, 0.15) is 0 Å². The number of methoxy groups -OCH3 is 1. The van der Waals surface area contributed by atoms with Crippen LogP contribution in [0.4, 0.5) is 0 Å². The second-order valence-electron chi connectivity index (χ2n) is 6.77. The van der Waals surface area contributed by atoms with Crippen molar-refractivity contribution in [1.82, 2.24) is 14.9 Å². The van der Waals surface area contributed by atoms with E-state index in [0.29, 0.717) is 17.5 Å². The van der Waals surface area contributed by atoms with E-state index in [2.05, 4.69) is 32.7 Å². The van der Waals surface area contributed by atoms with Crippen molar-refractivity contribution in [2.45, 2.75) is 30.4 Å². The molecule has 0 bridgehead atoms. The van der Waals surface area contributed by atoms with Crippen molar-refractivity contribution in [3.63, 3.8) is 0 Å². The number of thioether (sulfide) groups is 1. The molecule has 25 heavy (non-hydrogen) atoms. The molecule has 2 aromatic heterocycles. The lowest BCUT2D eigenvalue weighted by Gasteiger charge is -2.47. The molecule has 2 fully saturated rings. The molecule has 132 valence electrons. The Morgan fingerprint density at radius 2 is 2.08 bits per heavy atom. The van der Waals surface area contributed by atoms with E-state index in [9.17, 15) is 0 Å². The monoisotopic (exact) mass is 357 g/mol. The molecule has 2 aromatic rings. The second kappa shape index (κ2) is 7.32. The van der Waals surface area contributed by atoms with Gasteiger partial charge in [-0.15, -0.1) is 11.8 Å². The van der Waals surface area contributed by atoms with Crippen LogP contribution >= 0.6 is 11.8 Å². The van der Waals surface area contributed by atoms with E-state index in [4.69, 9.17) is 9.47 Å². The van der Waals surface area contributed by atoms with Gasteiger partial charge in [-0.3, -0.25) is 9.88 Å². The molecular formula is C19H23N3O2S. The van der Waals surface area contributed by atoms with Gasteiger partial charge in [0.15, 0.2) is 0 Å². The molecule has 0 aromatic carbocycles. The van der Waals surface area contributed by atoms with Gasteiger partial charge >= 0.3 is 0 Å². The van der Waals surface area contributed by atoms with Crippen molar-refractivity contribution in [1.29, 1.82) is 0 Å². The van der Waals surface area contributed by atoms with Crippen molar-refractivity contribution in [2.75, 3.05) is 26.0 Å². The van der Waals surface area contributed by atoms with Crippen molar-refractivity contribution in [3.8, 4) is 5.88 Å². The summed E-state index contributed by atoms with van der Waals surface area (Å²) < 4.78 is 11.8. The average molecular weight is 357 g/mol. The lowest BCUT2D eigenvalue weighted by Crippen LogP contribution is -2.58. The van der Waals surface area contributed by atoms with Crippen LogP contribution in [0.25, 0.3) is 0 Å². The Kier molecular flexibility index (Phi) is 4.92. The van der Waals surface area contributed by atoms with Crippen molar-refractivity contribution < 1.29 is 9.47 Å². The maximum Gasteiger partial charge on any atom is 0.217 e. The molecule has 0 saturated carbocycles. The molecule has 5 nitrogen and oxygen atoms in total. The Balaban J connectivity index is 1.26. The quantitative estimate of drug-likeness (QED) is 0.792. The van der Waals surface area contributed by atoms with Crippen LogP contribution in [0.5, 0.6) is 5.88 Å². The summed E-state index contributed by atoms with van der Waals surface area (Å²) in [6.45, 7) is 3.73. The minimum atomic E-state index is 0.335. The predicted molar refractivity (Wildman–Crippen MR) is 98.7 cm³/mol. The Hall–Kier alpha value is -1.63. The normalized spacial score (nSPS) is 22.0. The molecular weight excluding hydrogens is 334 g/mol. The minimum absolute atomic E-state index is 0.335. The molecule has 2 saturated heterocycles. The zero-order chi connectivity index (χ0) is 17.1. The fourth-order valence-electron chi connectivity index (χ4n) is 3.67. The Bertz CT molecular complexity index is 707. The van der Waals surface area contributed by atoms with Gasteiger partial charge < -0.3 is 9.47 Å². The standard InChI is InChI=1S/C19H23N3O2S/c1-23-18-15(5-4-8-21-18)10-22-13-19(14-22)9-17(12-25-19)24-11-16-6-2-3-7-20-16/h2-8,17H,9-14H2,1H3/t17-/m1/s1. The fourth-order valence-corrected chi connectivity index (χ4v) is 5.27. The van der Waals surface area contributed by atoms with E-state index >= 15 is 0 Å². The highest BCUT2D eigenvalue weighted by Gasteiger charge is 2.49. The first-order chi connectivity index (χ1) is 12.3. The molecule has 6 heteroatoms. The smallest absolute Gasteiger partial charge is 0.217 e. The molecule has 4 rings (SSSR count). The van der Waals surface area contributed by atoms with Crippen molar-refractivity contribution in [2.24, 2.45) is 0 Å². The highest BCUT2D eigenvalue weighted by Crippen LogP contribution is 2.46. The van der Waals surface area contributed by atoms with Gasteiger partial charge in [0.05, 0.1) is 25.5 Å². The lowest BCUT2D eigenvalue weighted by molar-refractivity contribution is 0.0249. The largest absolute Gasteiger partial charge is 0.481 e. The van der Waals surface area contributed by atoms with Gasteiger partial charge in [0.2, 0.25) is 5.88 Å². The van der Waals surface area contributed by atoms with Gasteiger partial charge in [0, 0.05) is 48.1 Å². The van der Waals surface area contributed by atoms with E-state index in [0.717, 1.165) is 48.9 Å². The summed E-state index contributed by atoms with van der Waals surface area (Å²) in [6, 6.07) is 10.0. The first-order valence-corrected chi connectivity index (χ1v) is 9.61. The van der Waals surface area contributed by atoms with Crippen LogP contribution in [0, 0.1) is 0 Å². The highest BCUT2D eigenvalue weighted by atomic mass is 32.2. The number of ether oxygens (including phenoxy) is 2. The van der Waals surface area contributed by atoms with Crippen LogP contribution < -0.4 is 4.74 Å². The third kappa shape index (κ3) is 3.81. The molecule has 0 amide bonds. The molecule has 2 aliphatic rings. The van der Waals surface area contributed by atoms with Gasteiger partial charge in [-0.2, -0.15) is 0 Å². The summed E-state index contributed by atoms with van der Waals surface area (Å²) in [4.78, 5) is 11.1. The third-order valence-electron chi connectivity index (χ3n) is 4.83. The van der Waals surface area contributed by atoms with Gasteiger partial charge in [-0.25, -0.2) is 4.98 Å². The van der Waals surface area contributed by atoms with E-state index in [-0.39, 0.29) is 0 Å². The van der Waals surface area contributed by atoms with Crippen LogP contribution in [0.1, 0.15) is 17.7 Å². The molecule has 2 aliphatic heterocycles. The van der Waals surface area contributed by atoms with E-state index in [1.54, 1.807) is 13.3 Å². The van der Waals surface area contributed by atoms with E-state index in [1.807, 2.05) is 30.5 Å². The first-order valence-electron chi connectivity index (χ1n) is 8.62. The highest BCUT2D eigenvalue weighted by molar-refractivity contribution is 8.01. The number of rotatable bonds is 6. The van der Waals surface area contributed by atoms with Crippen LogP contribution in [-0.4, -0.2) is 51.7 Å². The fraction of sp³-hybridized carbons (Fsp3) is 0.474. The van der Waals surface area contributed by atoms with Gasteiger partial charge in [-0.1, -0.05) is 12.1 Å². The number of hydrogen-bond donors (Lipinski definition) is 0. The summed E-state index contributed by atoms with van der Waals surface area (Å²) in [7, 11) is 1.68. The number of aromatic nitrogens is 2. The zero-order valence-electron chi connectivity index (χ0n) is 14.4. The molecule has 0 aliphatic carbocycles. The maximum atomic E-state index is 6.08. The zero-order valence-corrected chi connectivity index (χ0v) is 15.2. The van der Waals surface area contributed by atoms with Crippen LogP contribution in [-0.2, 0) is 17.9 Å². The molecule has 0 N–H and O–H groups in total. The van der Waals surface area contributed by atoms with Crippen molar-refractivity contribution >= 4 is 11.8 Å². The summed E-state index contributed by atoms with van der Waals surface area (Å²) in [5.41, 5.74) is 2.16. The summed E-state index contributed by atoms with van der Waals surface area (Å²) >= 11 is 2.07. The summed E-state index contributed by atoms with van der Waals surface area (Å²) in [5.74, 6) is 1.82. The van der Waals surface area contributed by atoms with Crippen LogP contribution in [0.2, 0.25) is 0 Å². The number of nitrogens with zero attached hydrogens (tertiary/aromatic N) is 3. The Morgan fingerprint density at radius 3 is 2.88 bits per heavy atom. The maximum absolute atomic E-state index is 6.08. The molecule has 1 atom stereocenters. The number of hydrogen-bond acceptors (Lipinski definition) is 6. The summed E-state index contributed by atoms with van der Waals surface area (Å²) in [6.07, 6.45) is 5.06. The van der Waals surface area contributed by atoms with Gasteiger partial charge in [0.25, 0.3) is 0 Å². The minimum Gasteiger partial charge on any atom is -0.481 e. The van der Waals surface area contributed by atoms with Crippen LogP contribution in [0.15, 0.2) is 42.7 Å². The Labute approximate surface area is 152 Å². The predicted octanol–water partition coefficient (Wildman–Crippen LogP) is 2.76. The second-order valence-corrected chi connectivity index (χ2v) is 8.26. The van der Waals surface area contributed by atoms with Gasteiger partial charge in [-0.05, 0) is 24.6 Å². The first kappa shape index (κ1) is 16.8. The third-order valence-corrected chi connectivity index (χ3v) is 6.40. The Morgan fingerprint density at radius 1 is 1.20 bits per heavy atom. The molecule has 4 heterocycles. The summed E-state index contributed by atoms with van der Waals surface area (Å²) in [5, 5.41) is 0. The number of pyridine rings is 2. The van der Waals surface area contributed by atoms with Crippen molar-refractivity contribution in [3.05, 3.63) is 54.0 Å². The molecule has 0 unspecified atom stereocenters. The van der Waals surface area contributed by atoms with Crippen LogP contribution in [0.3, 0.4) is 0 Å². The van der Waals surface area contributed by atoms with E-state index < -0.39 is 0 Å². The molecule has 1 spiro atoms. The van der Waals surface area contributed by atoms with E-state index in [1.165, 1.54) is 0 Å². The SMILES string of the molecule is COc1ncccc1CN1CC2(C[C@@H](OCc3ccccn3)CS2)C1. The molecule has 0 radical (unpaired) electrons. The number of likely N-dealkylation sites (tertiary alicyclic amines) is 1. The lowest BCUT2D eigenvalue weighted by atomic mass is 9.92.